The Hall–Kier alpha value is -1.88. The summed E-state index contributed by atoms with van der Waals surface area (Å²) in [7, 11) is 0. The molecule has 0 bridgehead atoms. The number of nitro groups is 1. The van der Waals surface area contributed by atoms with Crippen LogP contribution in [0.4, 0.5) is 10.5 Å². The fourth-order valence-corrected chi connectivity index (χ4v) is 1.07. The van der Waals surface area contributed by atoms with Crippen LogP contribution in [0.15, 0.2) is 30.3 Å². The molecule has 0 radical (unpaired) electrons. The summed E-state index contributed by atoms with van der Waals surface area (Å²) < 4.78 is 4.46. The zero-order valence-corrected chi connectivity index (χ0v) is 8.89. The molecule has 1 aromatic carbocycles. The van der Waals surface area contributed by atoms with E-state index in [1.54, 1.807) is 24.3 Å². The second-order valence-electron chi connectivity index (χ2n) is 2.80. The Balaban J connectivity index is 2.55. The maximum Gasteiger partial charge on any atom is 0.404 e. The van der Waals surface area contributed by atoms with Crippen LogP contribution < -0.4 is 0 Å². The lowest BCUT2D eigenvalue weighted by molar-refractivity contribution is -0.384. The molecular formula is C10H8ClNO4. The molecule has 0 heterocycles. The summed E-state index contributed by atoms with van der Waals surface area (Å²) in [6, 6.07) is 5.98. The zero-order valence-electron chi connectivity index (χ0n) is 8.13. The van der Waals surface area contributed by atoms with Crippen LogP contribution in [0.5, 0.6) is 0 Å². The van der Waals surface area contributed by atoms with Crippen molar-refractivity contribution in [1.29, 1.82) is 0 Å². The molecule has 16 heavy (non-hydrogen) atoms. The molecule has 0 N–H and O–H groups in total. The van der Waals surface area contributed by atoms with Crippen molar-refractivity contribution in [2.45, 2.75) is 0 Å². The zero-order chi connectivity index (χ0) is 12.0. The summed E-state index contributed by atoms with van der Waals surface area (Å²) in [6.07, 6.45) is 3.25. The van der Waals surface area contributed by atoms with Gasteiger partial charge in [0.1, 0.15) is 6.61 Å². The molecule has 6 heteroatoms. The van der Waals surface area contributed by atoms with Gasteiger partial charge in [-0.1, -0.05) is 6.08 Å². The van der Waals surface area contributed by atoms with Crippen molar-refractivity contribution in [2.75, 3.05) is 6.61 Å². The lowest BCUT2D eigenvalue weighted by atomic mass is 10.2. The lowest BCUT2D eigenvalue weighted by Gasteiger charge is -1.95. The van der Waals surface area contributed by atoms with E-state index in [-0.39, 0.29) is 12.3 Å². The van der Waals surface area contributed by atoms with E-state index in [1.807, 2.05) is 0 Å². The first-order chi connectivity index (χ1) is 7.59. The molecule has 0 unspecified atom stereocenters. The van der Waals surface area contributed by atoms with E-state index in [2.05, 4.69) is 4.74 Å². The number of nitrogens with zero attached hydrogens (tertiary/aromatic N) is 1. The van der Waals surface area contributed by atoms with Crippen molar-refractivity contribution in [3.8, 4) is 0 Å². The monoisotopic (exact) mass is 241 g/mol. The molecule has 5 nitrogen and oxygen atoms in total. The highest BCUT2D eigenvalue weighted by molar-refractivity contribution is 6.61. The van der Waals surface area contributed by atoms with Crippen molar-refractivity contribution in [3.05, 3.63) is 46.0 Å². The second-order valence-corrected chi connectivity index (χ2v) is 3.11. The SMILES string of the molecule is O=C(Cl)OCC=Cc1ccc([N+](=O)[O-])cc1. The molecule has 1 aromatic rings. The molecule has 0 saturated carbocycles. The first-order valence-corrected chi connectivity index (χ1v) is 4.70. The molecule has 0 aromatic heterocycles. The molecule has 0 fully saturated rings. The number of ether oxygens (including phenoxy) is 1. The summed E-state index contributed by atoms with van der Waals surface area (Å²) in [5.74, 6) is 0. The highest BCUT2D eigenvalue weighted by atomic mass is 35.5. The smallest absolute Gasteiger partial charge is 0.404 e. The molecule has 0 aliphatic carbocycles. The first-order valence-electron chi connectivity index (χ1n) is 4.33. The molecule has 0 atom stereocenters. The minimum absolute atomic E-state index is 0.0318. The number of non-ortho nitro benzene ring substituents is 1. The van der Waals surface area contributed by atoms with Crippen LogP contribution >= 0.6 is 11.6 Å². The maximum atomic E-state index is 10.4. The van der Waals surface area contributed by atoms with E-state index in [0.717, 1.165) is 5.56 Å². The standard InChI is InChI=1S/C10H8ClNO4/c11-10(13)16-7-1-2-8-3-5-9(6-4-8)12(14)15/h1-6H,7H2. The van der Waals surface area contributed by atoms with Crippen molar-refractivity contribution < 1.29 is 14.5 Å². The van der Waals surface area contributed by atoms with Crippen molar-refractivity contribution in [3.63, 3.8) is 0 Å². The number of rotatable bonds is 4. The Bertz CT molecular complexity index is 413. The van der Waals surface area contributed by atoms with E-state index >= 15 is 0 Å². The van der Waals surface area contributed by atoms with Gasteiger partial charge in [0.25, 0.3) is 5.69 Å². The van der Waals surface area contributed by atoms with Gasteiger partial charge in [0.2, 0.25) is 0 Å². The number of hydrogen-bond acceptors (Lipinski definition) is 4. The average molecular weight is 242 g/mol. The molecule has 0 saturated heterocycles. The van der Waals surface area contributed by atoms with Gasteiger partial charge in [0.15, 0.2) is 0 Å². The molecular weight excluding hydrogens is 234 g/mol. The quantitative estimate of drug-likeness (QED) is 0.462. The van der Waals surface area contributed by atoms with Gasteiger partial charge in [-0.05, 0) is 23.8 Å². The van der Waals surface area contributed by atoms with Gasteiger partial charge < -0.3 is 4.74 Å². The minimum Gasteiger partial charge on any atom is -0.449 e. The van der Waals surface area contributed by atoms with Gasteiger partial charge in [-0.15, -0.1) is 0 Å². The maximum absolute atomic E-state index is 10.4. The average Bonchev–Trinajstić information content (AvgIpc) is 2.25. The predicted molar refractivity (Wildman–Crippen MR) is 59.3 cm³/mol. The van der Waals surface area contributed by atoms with Crippen LogP contribution in [-0.2, 0) is 4.74 Å². The topological polar surface area (TPSA) is 69.4 Å². The fraction of sp³-hybridized carbons (Fsp3) is 0.100. The Labute approximate surface area is 96.4 Å². The van der Waals surface area contributed by atoms with E-state index in [1.165, 1.54) is 12.1 Å². The third-order valence-corrected chi connectivity index (χ3v) is 1.82. The number of benzene rings is 1. The molecule has 0 aliphatic heterocycles. The van der Waals surface area contributed by atoms with Crippen molar-refractivity contribution in [1.82, 2.24) is 0 Å². The van der Waals surface area contributed by atoms with Crippen LogP contribution in [0.3, 0.4) is 0 Å². The number of nitro benzene ring substituents is 1. The molecule has 1 rings (SSSR count). The third kappa shape index (κ3) is 4.10. The van der Waals surface area contributed by atoms with E-state index in [4.69, 9.17) is 11.6 Å². The van der Waals surface area contributed by atoms with Gasteiger partial charge >= 0.3 is 5.43 Å². The van der Waals surface area contributed by atoms with Crippen LogP contribution in [0.25, 0.3) is 6.08 Å². The van der Waals surface area contributed by atoms with Gasteiger partial charge in [0, 0.05) is 23.7 Å². The third-order valence-electron chi connectivity index (χ3n) is 1.71. The fourth-order valence-electron chi connectivity index (χ4n) is 1.00. The Morgan fingerprint density at radius 1 is 1.44 bits per heavy atom. The Morgan fingerprint density at radius 2 is 2.06 bits per heavy atom. The second kappa shape index (κ2) is 5.87. The van der Waals surface area contributed by atoms with Gasteiger partial charge in [-0.3, -0.25) is 10.1 Å². The van der Waals surface area contributed by atoms with Crippen molar-refractivity contribution >= 4 is 28.8 Å². The first kappa shape index (κ1) is 12.2. The largest absolute Gasteiger partial charge is 0.449 e. The molecule has 0 aliphatic rings. The molecule has 0 amide bonds. The van der Waals surface area contributed by atoms with Gasteiger partial charge in [0.05, 0.1) is 4.92 Å². The Morgan fingerprint density at radius 3 is 2.56 bits per heavy atom. The summed E-state index contributed by atoms with van der Waals surface area (Å²) in [5.41, 5.74) is -0.0612. The van der Waals surface area contributed by atoms with Crippen molar-refractivity contribution in [2.24, 2.45) is 0 Å². The summed E-state index contributed by atoms with van der Waals surface area (Å²) in [4.78, 5) is 20.1. The number of carbonyl (C=O) groups is 1. The highest BCUT2D eigenvalue weighted by Crippen LogP contribution is 2.12. The van der Waals surface area contributed by atoms with Gasteiger partial charge in [-0.25, -0.2) is 4.79 Å². The predicted octanol–water partition coefficient (Wildman–Crippen LogP) is 2.98. The highest BCUT2D eigenvalue weighted by Gasteiger charge is 2.01. The Kier molecular flexibility index (Phi) is 4.47. The van der Waals surface area contributed by atoms with Gasteiger partial charge in [-0.2, -0.15) is 0 Å². The summed E-state index contributed by atoms with van der Waals surface area (Å²) >= 11 is 4.95. The number of carbonyl (C=O) groups excluding carboxylic acids is 1. The minimum atomic E-state index is -0.867. The number of halogens is 1. The lowest BCUT2D eigenvalue weighted by Crippen LogP contribution is -1.92. The van der Waals surface area contributed by atoms with E-state index in [0.29, 0.717) is 0 Å². The van der Waals surface area contributed by atoms with Crippen LogP contribution in [0, 0.1) is 10.1 Å². The molecule has 84 valence electrons. The van der Waals surface area contributed by atoms with Crippen LogP contribution in [-0.4, -0.2) is 17.0 Å². The number of hydrogen-bond donors (Lipinski definition) is 0. The van der Waals surface area contributed by atoms with Crippen LogP contribution in [0.2, 0.25) is 0 Å². The summed E-state index contributed by atoms with van der Waals surface area (Å²) in [5, 5.41) is 10.4. The van der Waals surface area contributed by atoms with E-state index in [9.17, 15) is 14.9 Å². The van der Waals surface area contributed by atoms with E-state index < -0.39 is 10.4 Å². The normalized spacial score (nSPS) is 10.3. The molecule has 0 spiro atoms. The summed E-state index contributed by atoms with van der Waals surface area (Å²) in [6.45, 7) is 0.0688. The van der Waals surface area contributed by atoms with Crippen LogP contribution in [0.1, 0.15) is 5.56 Å².